The van der Waals surface area contributed by atoms with E-state index in [1.807, 2.05) is 0 Å². The van der Waals surface area contributed by atoms with E-state index < -0.39 is 5.91 Å². The Hall–Kier alpha value is -3.44. The van der Waals surface area contributed by atoms with Crippen LogP contribution in [0.4, 0.5) is 5.69 Å². The fourth-order valence-corrected chi connectivity index (χ4v) is 3.50. The number of anilines is 1. The number of thioether (sulfide) groups is 1. The zero-order valence-corrected chi connectivity index (χ0v) is 19.6. The van der Waals surface area contributed by atoms with Crippen molar-refractivity contribution in [2.45, 2.75) is 11.8 Å². The number of carbonyl (C=O) groups is 2. The van der Waals surface area contributed by atoms with Gasteiger partial charge in [-0.2, -0.15) is 0 Å². The molecule has 1 aromatic heterocycles. The molecule has 10 nitrogen and oxygen atoms in total. The minimum atomic E-state index is -0.400. The molecule has 0 radical (unpaired) electrons. The van der Waals surface area contributed by atoms with Crippen LogP contribution in [0.2, 0.25) is 5.02 Å². The van der Waals surface area contributed by atoms with Gasteiger partial charge in [-0.1, -0.05) is 29.4 Å². The molecule has 0 aliphatic rings. The summed E-state index contributed by atoms with van der Waals surface area (Å²) in [7, 11) is 4.41. The Morgan fingerprint density at radius 3 is 2.42 bits per heavy atom. The van der Waals surface area contributed by atoms with E-state index in [0.717, 1.165) is 11.8 Å². The number of nitrogens with one attached hydrogen (secondary N) is 2. The number of halogens is 1. The van der Waals surface area contributed by atoms with E-state index in [0.29, 0.717) is 33.5 Å². The van der Waals surface area contributed by atoms with Crippen LogP contribution in [0.3, 0.4) is 0 Å². The van der Waals surface area contributed by atoms with Crippen molar-refractivity contribution in [3.63, 3.8) is 0 Å². The van der Waals surface area contributed by atoms with Crippen LogP contribution < -0.4 is 24.8 Å². The highest BCUT2D eigenvalue weighted by Crippen LogP contribution is 2.38. The second-order valence-corrected chi connectivity index (χ2v) is 7.77. The first-order chi connectivity index (χ1) is 15.9. The summed E-state index contributed by atoms with van der Waals surface area (Å²) in [6.07, 6.45) is 0. The van der Waals surface area contributed by atoms with Gasteiger partial charge in [0.2, 0.25) is 17.5 Å². The second kappa shape index (κ2) is 11.4. The van der Waals surface area contributed by atoms with Crippen LogP contribution in [0.5, 0.6) is 17.2 Å². The summed E-state index contributed by atoms with van der Waals surface area (Å²) in [5, 5.41) is 13.9. The molecule has 2 amide bonds. The van der Waals surface area contributed by atoms with E-state index in [1.165, 1.54) is 33.5 Å². The number of ether oxygens (including phenoxy) is 3. The molecule has 0 bridgehead atoms. The van der Waals surface area contributed by atoms with Gasteiger partial charge < -0.3 is 29.3 Å². The number of nitrogens with zero attached hydrogens (tertiary/aromatic N) is 2. The molecule has 0 unspecified atom stereocenters. The summed E-state index contributed by atoms with van der Waals surface area (Å²) in [6.45, 7) is -0.00222. The summed E-state index contributed by atoms with van der Waals surface area (Å²) in [4.78, 5) is 24.6. The zero-order valence-electron chi connectivity index (χ0n) is 18.0. The fourth-order valence-electron chi connectivity index (χ4n) is 2.73. The molecule has 0 saturated heterocycles. The number of hydrogen-bond acceptors (Lipinski definition) is 9. The van der Waals surface area contributed by atoms with Gasteiger partial charge in [-0.25, -0.2) is 0 Å². The zero-order chi connectivity index (χ0) is 23.8. The number of hydrogen-bond donors (Lipinski definition) is 2. The lowest BCUT2D eigenvalue weighted by Crippen LogP contribution is -2.23. The standard InChI is InChI=1S/C21H21ClN4O6S/c1-29-15-7-12(8-16(30-2)19(15)31-3)20(28)23-10-18-25-26-21(32-18)33-11-17(27)24-14-6-4-5-13(22)9-14/h4-9H,10-11H2,1-3H3,(H,23,28)(H,24,27). The average Bonchev–Trinajstić information content (AvgIpc) is 3.28. The Morgan fingerprint density at radius 1 is 1.06 bits per heavy atom. The van der Waals surface area contributed by atoms with E-state index in [4.69, 9.17) is 30.2 Å². The third-order valence-electron chi connectivity index (χ3n) is 4.21. The van der Waals surface area contributed by atoms with Crippen molar-refractivity contribution in [1.29, 1.82) is 0 Å². The fraction of sp³-hybridized carbons (Fsp3) is 0.238. The van der Waals surface area contributed by atoms with E-state index in [2.05, 4.69) is 20.8 Å². The van der Waals surface area contributed by atoms with E-state index in [1.54, 1.807) is 24.3 Å². The predicted molar refractivity (Wildman–Crippen MR) is 122 cm³/mol. The summed E-state index contributed by atoms with van der Waals surface area (Å²) in [5.41, 5.74) is 0.894. The van der Waals surface area contributed by atoms with Crippen molar-refractivity contribution in [3.05, 3.63) is 52.9 Å². The van der Waals surface area contributed by atoms with Crippen LogP contribution in [-0.2, 0) is 11.3 Å². The van der Waals surface area contributed by atoms with Crippen LogP contribution >= 0.6 is 23.4 Å². The number of carbonyl (C=O) groups excluding carboxylic acids is 2. The van der Waals surface area contributed by atoms with Crippen LogP contribution in [0.25, 0.3) is 0 Å². The molecule has 33 heavy (non-hydrogen) atoms. The van der Waals surface area contributed by atoms with E-state index in [9.17, 15) is 9.59 Å². The molecule has 12 heteroatoms. The minimum absolute atomic E-state index is 0.00222. The first kappa shape index (κ1) is 24.2. The maximum Gasteiger partial charge on any atom is 0.277 e. The molecule has 0 fully saturated rings. The summed E-state index contributed by atoms with van der Waals surface area (Å²) >= 11 is 6.97. The topological polar surface area (TPSA) is 125 Å². The highest BCUT2D eigenvalue weighted by atomic mass is 35.5. The van der Waals surface area contributed by atoms with Crippen molar-refractivity contribution >= 4 is 40.9 Å². The third-order valence-corrected chi connectivity index (χ3v) is 5.26. The molecule has 174 valence electrons. The number of aromatic nitrogens is 2. The number of amides is 2. The lowest BCUT2D eigenvalue weighted by molar-refractivity contribution is -0.113. The quantitative estimate of drug-likeness (QED) is 0.409. The maximum atomic E-state index is 12.6. The molecule has 0 spiro atoms. The highest BCUT2D eigenvalue weighted by Gasteiger charge is 2.18. The lowest BCUT2D eigenvalue weighted by Gasteiger charge is -2.13. The molecule has 1 heterocycles. The van der Waals surface area contributed by atoms with Gasteiger partial charge in [0.1, 0.15) is 0 Å². The summed E-state index contributed by atoms with van der Waals surface area (Å²) in [5.74, 6) is 0.693. The molecule has 3 aromatic rings. The van der Waals surface area contributed by atoms with Crippen LogP contribution in [0.1, 0.15) is 16.2 Å². The van der Waals surface area contributed by atoms with Gasteiger partial charge in [0.25, 0.3) is 11.1 Å². The Balaban J connectivity index is 1.53. The van der Waals surface area contributed by atoms with Gasteiger partial charge in [0.05, 0.1) is 33.6 Å². The third kappa shape index (κ3) is 6.53. The molecule has 3 rings (SSSR count). The number of benzene rings is 2. The number of methoxy groups -OCH3 is 3. The monoisotopic (exact) mass is 492 g/mol. The Bertz CT molecular complexity index is 1110. The molecular formula is C21H21ClN4O6S. The number of rotatable bonds is 10. The van der Waals surface area contributed by atoms with Gasteiger partial charge in [-0.3, -0.25) is 9.59 Å². The second-order valence-electron chi connectivity index (χ2n) is 6.41. The molecule has 2 aromatic carbocycles. The van der Waals surface area contributed by atoms with Crippen LogP contribution in [0, 0.1) is 0 Å². The molecule has 2 N–H and O–H groups in total. The molecule has 0 atom stereocenters. The Kier molecular flexibility index (Phi) is 8.39. The van der Waals surface area contributed by atoms with Crippen molar-refractivity contribution in [2.75, 3.05) is 32.4 Å². The smallest absolute Gasteiger partial charge is 0.277 e. The SMILES string of the molecule is COc1cc(C(=O)NCc2nnc(SCC(=O)Nc3cccc(Cl)c3)o2)cc(OC)c1OC. The van der Waals surface area contributed by atoms with Gasteiger partial charge in [0.15, 0.2) is 11.5 Å². The molecule has 0 aliphatic heterocycles. The average molecular weight is 493 g/mol. The molecule has 0 aliphatic carbocycles. The Labute approximate surface area is 198 Å². The highest BCUT2D eigenvalue weighted by molar-refractivity contribution is 7.99. The van der Waals surface area contributed by atoms with Crippen LogP contribution in [-0.4, -0.2) is 49.1 Å². The van der Waals surface area contributed by atoms with Gasteiger partial charge >= 0.3 is 0 Å². The summed E-state index contributed by atoms with van der Waals surface area (Å²) < 4.78 is 21.2. The van der Waals surface area contributed by atoms with Gasteiger partial charge in [-0.05, 0) is 30.3 Å². The predicted octanol–water partition coefficient (Wildman–Crippen LogP) is 3.41. The van der Waals surface area contributed by atoms with Crippen molar-refractivity contribution < 1.29 is 28.2 Å². The van der Waals surface area contributed by atoms with E-state index in [-0.39, 0.29) is 29.3 Å². The van der Waals surface area contributed by atoms with Gasteiger partial charge in [0, 0.05) is 16.3 Å². The first-order valence-electron chi connectivity index (χ1n) is 9.52. The van der Waals surface area contributed by atoms with E-state index >= 15 is 0 Å². The van der Waals surface area contributed by atoms with Crippen LogP contribution in [0.15, 0.2) is 46.0 Å². The first-order valence-corrected chi connectivity index (χ1v) is 10.9. The lowest BCUT2D eigenvalue weighted by atomic mass is 10.1. The van der Waals surface area contributed by atoms with Gasteiger partial charge in [-0.15, -0.1) is 10.2 Å². The molecular weight excluding hydrogens is 472 g/mol. The van der Waals surface area contributed by atoms with Crippen molar-refractivity contribution in [2.24, 2.45) is 0 Å². The largest absolute Gasteiger partial charge is 0.493 e. The minimum Gasteiger partial charge on any atom is -0.493 e. The normalized spacial score (nSPS) is 10.4. The van der Waals surface area contributed by atoms with Crippen molar-refractivity contribution in [1.82, 2.24) is 15.5 Å². The molecule has 0 saturated carbocycles. The summed E-state index contributed by atoms with van der Waals surface area (Å²) in [6, 6.07) is 9.89. The van der Waals surface area contributed by atoms with Crippen molar-refractivity contribution in [3.8, 4) is 17.2 Å². The Morgan fingerprint density at radius 2 is 1.79 bits per heavy atom. The maximum absolute atomic E-state index is 12.6.